The molecule has 1 aliphatic rings. The van der Waals surface area contributed by atoms with Gasteiger partial charge in [0.25, 0.3) is 0 Å². The second kappa shape index (κ2) is 5.45. The van der Waals surface area contributed by atoms with Crippen LogP contribution < -0.4 is 4.90 Å². The molecule has 1 aromatic heterocycles. The normalized spacial score (nSPS) is 16.8. The molecule has 2 aromatic rings. The van der Waals surface area contributed by atoms with Crippen molar-refractivity contribution in [3.8, 4) is 0 Å². The van der Waals surface area contributed by atoms with Crippen molar-refractivity contribution in [3.05, 3.63) is 54.2 Å². The molecule has 0 N–H and O–H groups in total. The molecule has 1 aromatic carbocycles. The van der Waals surface area contributed by atoms with Gasteiger partial charge in [-0.2, -0.15) is 0 Å². The standard InChI is InChI=1S/C15H17FN2O/c16-13-3-5-14(6-4-13)18-9-7-17(8-10-18)12-15-2-1-11-19-15/h1-6,11H,7-10,12H2. The topological polar surface area (TPSA) is 19.6 Å². The van der Waals surface area contributed by atoms with Crippen molar-refractivity contribution in [1.82, 2.24) is 4.90 Å². The van der Waals surface area contributed by atoms with Crippen LogP contribution in [0, 0.1) is 5.82 Å². The second-order valence-electron chi connectivity index (χ2n) is 4.82. The van der Waals surface area contributed by atoms with E-state index in [9.17, 15) is 4.39 Å². The van der Waals surface area contributed by atoms with E-state index in [0.717, 1.165) is 44.2 Å². The van der Waals surface area contributed by atoms with Gasteiger partial charge in [0, 0.05) is 31.9 Å². The first-order chi connectivity index (χ1) is 9.31. The van der Waals surface area contributed by atoms with Crippen LogP contribution in [0.4, 0.5) is 10.1 Å². The second-order valence-corrected chi connectivity index (χ2v) is 4.82. The maximum Gasteiger partial charge on any atom is 0.123 e. The predicted octanol–water partition coefficient (Wildman–Crippen LogP) is 2.74. The molecular weight excluding hydrogens is 243 g/mol. The maximum atomic E-state index is 12.9. The van der Waals surface area contributed by atoms with Gasteiger partial charge >= 0.3 is 0 Å². The Bertz CT molecular complexity index is 501. The molecule has 0 aliphatic carbocycles. The molecule has 1 fully saturated rings. The van der Waals surface area contributed by atoms with E-state index in [4.69, 9.17) is 4.42 Å². The fourth-order valence-electron chi connectivity index (χ4n) is 2.44. The molecule has 19 heavy (non-hydrogen) atoms. The zero-order chi connectivity index (χ0) is 13.1. The molecule has 100 valence electrons. The zero-order valence-electron chi connectivity index (χ0n) is 10.8. The molecule has 2 heterocycles. The van der Waals surface area contributed by atoms with Gasteiger partial charge in [0.15, 0.2) is 0 Å². The molecule has 0 spiro atoms. The molecule has 0 amide bonds. The minimum Gasteiger partial charge on any atom is -0.468 e. The van der Waals surface area contributed by atoms with Crippen LogP contribution in [0.25, 0.3) is 0 Å². The van der Waals surface area contributed by atoms with Crippen molar-refractivity contribution in [2.75, 3.05) is 31.1 Å². The summed E-state index contributed by atoms with van der Waals surface area (Å²) in [6.45, 7) is 4.79. The van der Waals surface area contributed by atoms with Crippen LogP contribution in [0.15, 0.2) is 47.1 Å². The predicted molar refractivity (Wildman–Crippen MR) is 72.6 cm³/mol. The van der Waals surface area contributed by atoms with E-state index in [2.05, 4.69) is 9.80 Å². The molecule has 1 aliphatic heterocycles. The molecule has 3 nitrogen and oxygen atoms in total. The van der Waals surface area contributed by atoms with Crippen molar-refractivity contribution in [3.63, 3.8) is 0 Å². The summed E-state index contributed by atoms with van der Waals surface area (Å²) >= 11 is 0. The number of hydrogen-bond acceptors (Lipinski definition) is 3. The summed E-state index contributed by atoms with van der Waals surface area (Å²) in [5, 5.41) is 0. The zero-order valence-corrected chi connectivity index (χ0v) is 10.8. The van der Waals surface area contributed by atoms with Gasteiger partial charge in [0.05, 0.1) is 12.8 Å². The van der Waals surface area contributed by atoms with Gasteiger partial charge < -0.3 is 9.32 Å². The Balaban J connectivity index is 1.56. The quantitative estimate of drug-likeness (QED) is 0.846. The van der Waals surface area contributed by atoms with Crippen LogP contribution in [-0.2, 0) is 6.54 Å². The highest BCUT2D eigenvalue weighted by molar-refractivity contribution is 5.46. The first kappa shape index (κ1) is 12.2. The summed E-state index contributed by atoms with van der Waals surface area (Å²) in [5.74, 6) is 0.829. The lowest BCUT2D eigenvalue weighted by Crippen LogP contribution is -2.45. The molecular formula is C15H17FN2O. The van der Waals surface area contributed by atoms with Gasteiger partial charge in [0.2, 0.25) is 0 Å². The maximum absolute atomic E-state index is 12.9. The van der Waals surface area contributed by atoms with E-state index in [1.54, 1.807) is 6.26 Å². The average Bonchev–Trinajstić information content (AvgIpc) is 2.94. The summed E-state index contributed by atoms with van der Waals surface area (Å²) in [7, 11) is 0. The Hall–Kier alpha value is -1.81. The van der Waals surface area contributed by atoms with Gasteiger partial charge in [-0.15, -0.1) is 0 Å². The number of hydrogen-bond donors (Lipinski definition) is 0. The Labute approximate surface area is 112 Å². The van der Waals surface area contributed by atoms with Crippen molar-refractivity contribution < 1.29 is 8.81 Å². The van der Waals surface area contributed by atoms with Gasteiger partial charge in [-0.1, -0.05) is 0 Å². The molecule has 1 saturated heterocycles. The van der Waals surface area contributed by atoms with E-state index in [1.807, 2.05) is 24.3 Å². The van der Waals surface area contributed by atoms with E-state index in [0.29, 0.717) is 0 Å². The largest absolute Gasteiger partial charge is 0.468 e. The lowest BCUT2D eigenvalue weighted by atomic mass is 10.2. The lowest BCUT2D eigenvalue weighted by molar-refractivity contribution is 0.230. The van der Waals surface area contributed by atoms with Crippen molar-refractivity contribution in [1.29, 1.82) is 0 Å². The summed E-state index contributed by atoms with van der Waals surface area (Å²) in [4.78, 5) is 4.66. The fraction of sp³-hybridized carbons (Fsp3) is 0.333. The van der Waals surface area contributed by atoms with E-state index < -0.39 is 0 Å². The van der Waals surface area contributed by atoms with Crippen LogP contribution in [0.3, 0.4) is 0 Å². The molecule has 0 bridgehead atoms. The van der Waals surface area contributed by atoms with Gasteiger partial charge in [-0.3, -0.25) is 4.90 Å². The van der Waals surface area contributed by atoms with Crippen molar-refractivity contribution in [2.45, 2.75) is 6.54 Å². The molecule has 0 unspecified atom stereocenters. The van der Waals surface area contributed by atoms with Crippen LogP contribution in [0.2, 0.25) is 0 Å². The highest BCUT2D eigenvalue weighted by Crippen LogP contribution is 2.17. The molecule has 4 heteroatoms. The summed E-state index contributed by atoms with van der Waals surface area (Å²) in [6.07, 6.45) is 1.71. The Morgan fingerprint density at radius 1 is 1.00 bits per heavy atom. The lowest BCUT2D eigenvalue weighted by Gasteiger charge is -2.35. The molecule has 0 atom stereocenters. The van der Waals surface area contributed by atoms with E-state index in [1.165, 1.54) is 12.1 Å². The van der Waals surface area contributed by atoms with Gasteiger partial charge in [-0.05, 0) is 36.4 Å². The minimum atomic E-state index is -0.180. The number of nitrogens with zero attached hydrogens (tertiary/aromatic N) is 2. The third-order valence-corrected chi connectivity index (χ3v) is 3.52. The number of piperazine rings is 1. The van der Waals surface area contributed by atoms with Crippen LogP contribution in [0.5, 0.6) is 0 Å². The number of benzene rings is 1. The monoisotopic (exact) mass is 260 g/mol. The smallest absolute Gasteiger partial charge is 0.123 e. The average molecular weight is 260 g/mol. The Kier molecular flexibility index (Phi) is 3.51. The number of furan rings is 1. The number of anilines is 1. The summed E-state index contributed by atoms with van der Waals surface area (Å²) < 4.78 is 18.3. The molecule has 3 rings (SSSR count). The third-order valence-electron chi connectivity index (χ3n) is 3.52. The summed E-state index contributed by atoms with van der Waals surface area (Å²) in [5.41, 5.74) is 1.10. The minimum absolute atomic E-state index is 0.180. The number of halogens is 1. The van der Waals surface area contributed by atoms with Crippen LogP contribution >= 0.6 is 0 Å². The number of rotatable bonds is 3. The van der Waals surface area contributed by atoms with Gasteiger partial charge in [0.1, 0.15) is 11.6 Å². The third kappa shape index (κ3) is 2.96. The summed E-state index contributed by atoms with van der Waals surface area (Å²) in [6, 6.07) is 10.7. The molecule has 0 saturated carbocycles. The Morgan fingerprint density at radius 2 is 1.74 bits per heavy atom. The van der Waals surface area contributed by atoms with Crippen LogP contribution in [0.1, 0.15) is 5.76 Å². The SMILES string of the molecule is Fc1ccc(N2CCN(Cc3ccco3)CC2)cc1. The fourth-order valence-corrected chi connectivity index (χ4v) is 2.44. The Morgan fingerprint density at radius 3 is 2.37 bits per heavy atom. The first-order valence-electron chi connectivity index (χ1n) is 6.56. The molecule has 0 radical (unpaired) electrons. The van der Waals surface area contributed by atoms with Crippen molar-refractivity contribution in [2.24, 2.45) is 0 Å². The highest BCUT2D eigenvalue weighted by atomic mass is 19.1. The highest BCUT2D eigenvalue weighted by Gasteiger charge is 2.17. The van der Waals surface area contributed by atoms with E-state index in [-0.39, 0.29) is 5.82 Å². The first-order valence-corrected chi connectivity index (χ1v) is 6.56. The van der Waals surface area contributed by atoms with E-state index >= 15 is 0 Å². The van der Waals surface area contributed by atoms with Crippen molar-refractivity contribution >= 4 is 5.69 Å². The van der Waals surface area contributed by atoms with Gasteiger partial charge in [-0.25, -0.2) is 4.39 Å². The van der Waals surface area contributed by atoms with Crippen LogP contribution in [-0.4, -0.2) is 31.1 Å².